The zero-order valence-electron chi connectivity index (χ0n) is 13.8. The Morgan fingerprint density at radius 1 is 1.16 bits per heavy atom. The maximum atomic E-state index is 13.3. The summed E-state index contributed by atoms with van der Waals surface area (Å²) in [7, 11) is 0. The number of morpholine rings is 1. The molecule has 1 fully saturated rings. The van der Waals surface area contributed by atoms with E-state index in [1.165, 1.54) is 12.1 Å². The second-order valence-electron chi connectivity index (χ2n) is 5.91. The van der Waals surface area contributed by atoms with Gasteiger partial charge in [0, 0.05) is 24.1 Å². The minimum atomic E-state index is -0.262. The van der Waals surface area contributed by atoms with E-state index in [4.69, 9.17) is 4.74 Å². The molecule has 1 saturated heterocycles. The number of carbonyl (C=O) groups excluding carboxylic acids is 1. The molecule has 1 amide bonds. The van der Waals surface area contributed by atoms with Gasteiger partial charge in [-0.25, -0.2) is 4.39 Å². The Kier molecular flexibility index (Phi) is 6.18. The first kappa shape index (κ1) is 18.0. The van der Waals surface area contributed by atoms with Crippen molar-refractivity contribution in [3.8, 4) is 0 Å². The van der Waals surface area contributed by atoms with Gasteiger partial charge in [-0.1, -0.05) is 24.3 Å². The predicted octanol–water partition coefficient (Wildman–Crippen LogP) is 3.39. The van der Waals surface area contributed by atoms with E-state index < -0.39 is 0 Å². The van der Waals surface area contributed by atoms with E-state index in [0.29, 0.717) is 25.3 Å². The number of hydrogen-bond donors (Lipinski definition) is 1. The third-order valence-electron chi connectivity index (χ3n) is 4.32. The summed E-state index contributed by atoms with van der Waals surface area (Å²) >= 11 is 3.40. The van der Waals surface area contributed by atoms with Crippen molar-refractivity contribution in [2.24, 2.45) is 0 Å². The Bertz CT molecular complexity index is 718. The van der Waals surface area contributed by atoms with Crippen LogP contribution in [0.1, 0.15) is 22.0 Å². The summed E-state index contributed by atoms with van der Waals surface area (Å²) in [4.78, 5) is 14.8. The maximum absolute atomic E-state index is 13.3. The number of halogens is 2. The quantitative estimate of drug-likeness (QED) is 0.827. The summed E-state index contributed by atoms with van der Waals surface area (Å²) in [5, 5.41) is 3.01. The highest BCUT2D eigenvalue weighted by Gasteiger charge is 2.23. The van der Waals surface area contributed by atoms with Crippen LogP contribution in [0.5, 0.6) is 0 Å². The van der Waals surface area contributed by atoms with Crippen LogP contribution >= 0.6 is 15.9 Å². The molecule has 3 rings (SSSR count). The van der Waals surface area contributed by atoms with Crippen LogP contribution in [0.25, 0.3) is 0 Å². The van der Waals surface area contributed by atoms with Gasteiger partial charge in [-0.3, -0.25) is 9.69 Å². The van der Waals surface area contributed by atoms with Crippen molar-refractivity contribution < 1.29 is 13.9 Å². The van der Waals surface area contributed by atoms with Crippen molar-refractivity contribution >= 4 is 21.8 Å². The average molecular weight is 407 g/mol. The molecule has 1 unspecified atom stereocenters. The van der Waals surface area contributed by atoms with Crippen LogP contribution in [0, 0.1) is 5.82 Å². The number of hydrogen-bond acceptors (Lipinski definition) is 3. The highest BCUT2D eigenvalue weighted by molar-refractivity contribution is 9.10. The molecular formula is C19H20BrFN2O2. The van der Waals surface area contributed by atoms with E-state index in [1.807, 2.05) is 18.2 Å². The first-order chi connectivity index (χ1) is 12.1. The molecule has 6 heteroatoms. The van der Waals surface area contributed by atoms with Crippen molar-refractivity contribution in [2.45, 2.75) is 6.04 Å². The Morgan fingerprint density at radius 2 is 1.84 bits per heavy atom. The number of nitrogens with zero attached hydrogens (tertiary/aromatic N) is 1. The minimum absolute atomic E-state index is 0.0177. The van der Waals surface area contributed by atoms with Crippen LogP contribution < -0.4 is 5.32 Å². The van der Waals surface area contributed by atoms with Gasteiger partial charge in [0.1, 0.15) is 5.82 Å². The SMILES string of the molecule is O=C(NCC(c1ccc(F)cc1)N1CCOCC1)c1ccccc1Br. The fourth-order valence-electron chi connectivity index (χ4n) is 2.96. The second kappa shape index (κ2) is 8.56. The number of benzene rings is 2. The molecule has 0 spiro atoms. The molecule has 0 bridgehead atoms. The molecule has 1 N–H and O–H groups in total. The van der Waals surface area contributed by atoms with Gasteiger partial charge in [-0.15, -0.1) is 0 Å². The second-order valence-corrected chi connectivity index (χ2v) is 6.76. The first-order valence-corrected chi connectivity index (χ1v) is 9.04. The molecule has 0 aliphatic carbocycles. The standard InChI is InChI=1S/C19H20BrFN2O2/c20-17-4-2-1-3-16(17)19(24)22-13-18(23-9-11-25-12-10-23)14-5-7-15(21)8-6-14/h1-8,18H,9-13H2,(H,22,24). The smallest absolute Gasteiger partial charge is 0.252 e. The van der Waals surface area contributed by atoms with Gasteiger partial charge in [0.05, 0.1) is 24.8 Å². The molecule has 2 aromatic carbocycles. The lowest BCUT2D eigenvalue weighted by molar-refractivity contribution is 0.0162. The Balaban J connectivity index is 1.74. The molecule has 1 aliphatic rings. The molecule has 25 heavy (non-hydrogen) atoms. The minimum Gasteiger partial charge on any atom is -0.379 e. The van der Waals surface area contributed by atoms with Crippen LogP contribution in [0.4, 0.5) is 4.39 Å². The lowest BCUT2D eigenvalue weighted by Crippen LogP contribution is -2.43. The molecule has 1 aliphatic heterocycles. The normalized spacial score (nSPS) is 16.4. The molecule has 1 atom stereocenters. The highest BCUT2D eigenvalue weighted by atomic mass is 79.9. The van der Waals surface area contributed by atoms with Crippen molar-refractivity contribution in [3.05, 3.63) is 69.9 Å². The van der Waals surface area contributed by atoms with Gasteiger partial charge < -0.3 is 10.1 Å². The number of nitrogens with one attached hydrogen (secondary N) is 1. The van der Waals surface area contributed by atoms with Gasteiger partial charge in [0.25, 0.3) is 5.91 Å². The van der Waals surface area contributed by atoms with E-state index in [2.05, 4.69) is 26.1 Å². The zero-order valence-corrected chi connectivity index (χ0v) is 15.3. The third kappa shape index (κ3) is 4.66. The monoisotopic (exact) mass is 406 g/mol. The Labute approximate surface area is 155 Å². The number of carbonyl (C=O) groups is 1. The van der Waals surface area contributed by atoms with Gasteiger partial charge in [0.15, 0.2) is 0 Å². The summed E-state index contributed by atoms with van der Waals surface area (Å²) in [5.41, 5.74) is 1.58. The summed E-state index contributed by atoms with van der Waals surface area (Å²) in [5.74, 6) is -0.394. The topological polar surface area (TPSA) is 41.6 Å². The van der Waals surface area contributed by atoms with Crippen LogP contribution in [0.15, 0.2) is 53.0 Å². The molecule has 4 nitrogen and oxygen atoms in total. The van der Waals surface area contributed by atoms with Gasteiger partial charge in [-0.05, 0) is 45.8 Å². The van der Waals surface area contributed by atoms with Crippen LogP contribution in [-0.2, 0) is 4.74 Å². The molecule has 1 heterocycles. The third-order valence-corrected chi connectivity index (χ3v) is 5.01. The van der Waals surface area contributed by atoms with Crippen molar-refractivity contribution in [1.82, 2.24) is 10.2 Å². The maximum Gasteiger partial charge on any atom is 0.252 e. The zero-order chi connectivity index (χ0) is 17.6. The fourth-order valence-corrected chi connectivity index (χ4v) is 3.43. The van der Waals surface area contributed by atoms with Gasteiger partial charge in [-0.2, -0.15) is 0 Å². The predicted molar refractivity (Wildman–Crippen MR) is 98.0 cm³/mol. The Morgan fingerprint density at radius 3 is 2.52 bits per heavy atom. The largest absolute Gasteiger partial charge is 0.379 e. The van der Waals surface area contributed by atoms with Crippen LogP contribution in [0.2, 0.25) is 0 Å². The van der Waals surface area contributed by atoms with E-state index in [1.54, 1.807) is 18.2 Å². The van der Waals surface area contributed by atoms with Gasteiger partial charge in [0.2, 0.25) is 0 Å². The van der Waals surface area contributed by atoms with Crippen molar-refractivity contribution in [1.29, 1.82) is 0 Å². The Hall–Kier alpha value is -1.76. The summed E-state index contributed by atoms with van der Waals surface area (Å²) in [6.07, 6.45) is 0. The molecule has 0 radical (unpaired) electrons. The van der Waals surface area contributed by atoms with E-state index in [9.17, 15) is 9.18 Å². The lowest BCUT2D eigenvalue weighted by atomic mass is 10.0. The lowest BCUT2D eigenvalue weighted by Gasteiger charge is -2.35. The summed E-state index contributed by atoms with van der Waals surface area (Å²) in [6, 6.07) is 13.8. The molecule has 0 aromatic heterocycles. The van der Waals surface area contributed by atoms with E-state index >= 15 is 0 Å². The van der Waals surface area contributed by atoms with Crippen LogP contribution in [0.3, 0.4) is 0 Å². The van der Waals surface area contributed by atoms with Crippen LogP contribution in [-0.4, -0.2) is 43.7 Å². The van der Waals surface area contributed by atoms with E-state index in [0.717, 1.165) is 23.1 Å². The summed E-state index contributed by atoms with van der Waals surface area (Å²) < 4.78 is 19.4. The fraction of sp³-hybridized carbons (Fsp3) is 0.316. The molecular weight excluding hydrogens is 387 g/mol. The van der Waals surface area contributed by atoms with Crippen molar-refractivity contribution in [3.63, 3.8) is 0 Å². The first-order valence-electron chi connectivity index (χ1n) is 8.25. The molecule has 132 valence electrons. The molecule has 0 saturated carbocycles. The average Bonchev–Trinajstić information content (AvgIpc) is 2.64. The van der Waals surface area contributed by atoms with E-state index in [-0.39, 0.29) is 17.8 Å². The highest BCUT2D eigenvalue weighted by Crippen LogP contribution is 2.22. The number of amides is 1. The number of ether oxygens (including phenoxy) is 1. The van der Waals surface area contributed by atoms with Gasteiger partial charge >= 0.3 is 0 Å². The molecule has 2 aromatic rings. The van der Waals surface area contributed by atoms with Crippen molar-refractivity contribution in [2.75, 3.05) is 32.8 Å². The summed E-state index contributed by atoms with van der Waals surface area (Å²) in [6.45, 7) is 3.34. The number of rotatable bonds is 5.